The van der Waals surface area contributed by atoms with Crippen molar-refractivity contribution in [3.05, 3.63) is 23.4 Å². The number of hydrogen-bond donors (Lipinski definition) is 1. The Morgan fingerprint density at radius 3 is 2.89 bits per heavy atom. The number of benzene rings is 1. The molecule has 0 spiro atoms. The Bertz CT molecular complexity index is 956. The van der Waals surface area contributed by atoms with Crippen molar-refractivity contribution in [3.63, 3.8) is 0 Å². The van der Waals surface area contributed by atoms with Crippen molar-refractivity contribution in [1.29, 1.82) is 5.26 Å². The second kappa shape index (κ2) is 7.45. The average molecular weight is 367 g/mol. The predicted molar refractivity (Wildman–Crippen MR) is 101 cm³/mol. The number of azo groups is 1. The van der Waals surface area contributed by atoms with E-state index in [4.69, 9.17) is 4.74 Å². The Morgan fingerprint density at radius 1 is 1.44 bits per heavy atom. The molecule has 0 saturated heterocycles. The molecule has 0 aliphatic carbocycles. The highest BCUT2D eigenvalue weighted by Gasteiger charge is 2.20. The molecular formula is C18H21N7O2. The van der Waals surface area contributed by atoms with Gasteiger partial charge in [0.15, 0.2) is 5.82 Å². The van der Waals surface area contributed by atoms with Gasteiger partial charge in [-0.05, 0) is 19.9 Å². The highest BCUT2D eigenvalue weighted by Crippen LogP contribution is 2.41. The summed E-state index contributed by atoms with van der Waals surface area (Å²) in [6.07, 6.45) is 0. The number of likely N-dealkylation sites (N-methyl/N-ethyl adjacent to an activating group) is 1. The lowest BCUT2D eigenvalue weighted by Gasteiger charge is -2.31. The van der Waals surface area contributed by atoms with Crippen LogP contribution in [0, 0.1) is 18.3 Å². The molecule has 0 unspecified atom stereocenters. The lowest BCUT2D eigenvalue weighted by molar-refractivity contribution is -0.114. The maximum atomic E-state index is 11.6. The molecule has 0 atom stereocenters. The fourth-order valence-electron chi connectivity index (χ4n) is 3.00. The molecule has 1 aliphatic heterocycles. The number of nitriles is 1. The second-order valence-electron chi connectivity index (χ2n) is 6.17. The smallest absolute Gasteiger partial charge is 0.221 e. The van der Waals surface area contributed by atoms with E-state index >= 15 is 0 Å². The predicted octanol–water partition coefficient (Wildman–Crippen LogP) is 3.19. The number of nitrogens with zero attached hydrogens (tertiary/aromatic N) is 6. The molecule has 0 radical (unpaired) electrons. The Morgan fingerprint density at radius 2 is 2.22 bits per heavy atom. The zero-order valence-electron chi connectivity index (χ0n) is 15.8. The summed E-state index contributed by atoms with van der Waals surface area (Å²) >= 11 is 0. The number of nitrogens with one attached hydrogen (secondary N) is 1. The van der Waals surface area contributed by atoms with Crippen molar-refractivity contribution < 1.29 is 9.53 Å². The molecular weight excluding hydrogens is 346 g/mol. The second-order valence-corrected chi connectivity index (χ2v) is 6.17. The molecule has 9 heteroatoms. The van der Waals surface area contributed by atoms with Gasteiger partial charge in [0.1, 0.15) is 29.7 Å². The Kier molecular flexibility index (Phi) is 5.07. The van der Waals surface area contributed by atoms with Crippen LogP contribution in [0.1, 0.15) is 25.1 Å². The van der Waals surface area contributed by atoms with Crippen LogP contribution in [0.4, 0.5) is 22.9 Å². The molecule has 0 fully saturated rings. The van der Waals surface area contributed by atoms with E-state index in [-0.39, 0.29) is 5.91 Å². The minimum absolute atomic E-state index is 0.208. The van der Waals surface area contributed by atoms with Crippen molar-refractivity contribution in [2.75, 3.05) is 29.9 Å². The van der Waals surface area contributed by atoms with E-state index in [2.05, 4.69) is 38.5 Å². The third-order valence-electron chi connectivity index (χ3n) is 4.29. The van der Waals surface area contributed by atoms with Crippen molar-refractivity contribution in [2.45, 2.75) is 20.8 Å². The summed E-state index contributed by atoms with van der Waals surface area (Å²) < 4.78 is 7.26. The van der Waals surface area contributed by atoms with E-state index in [9.17, 15) is 10.1 Å². The van der Waals surface area contributed by atoms with Gasteiger partial charge in [-0.1, -0.05) is 0 Å². The number of aromatic nitrogens is 2. The molecule has 27 heavy (non-hydrogen) atoms. The van der Waals surface area contributed by atoms with Gasteiger partial charge in [-0.3, -0.25) is 4.79 Å². The van der Waals surface area contributed by atoms with E-state index < -0.39 is 0 Å². The Balaban J connectivity index is 2.07. The van der Waals surface area contributed by atoms with Crippen LogP contribution in [-0.4, -0.2) is 35.4 Å². The van der Waals surface area contributed by atoms with Crippen LogP contribution in [0.3, 0.4) is 0 Å². The number of carbonyl (C=O) groups excluding carboxylic acids is 1. The largest absolute Gasteiger partial charge is 0.489 e. The van der Waals surface area contributed by atoms with Crippen LogP contribution in [-0.2, 0) is 11.8 Å². The zero-order chi connectivity index (χ0) is 19.6. The number of aryl methyl sites for hydroxylation is 2. The monoisotopic (exact) mass is 367 g/mol. The maximum absolute atomic E-state index is 11.6. The van der Waals surface area contributed by atoms with E-state index in [0.29, 0.717) is 40.8 Å². The van der Waals surface area contributed by atoms with E-state index in [1.54, 1.807) is 20.0 Å². The summed E-state index contributed by atoms with van der Waals surface area (Å²) in [6, 6.07) is 5.68. The van der Waals surface area contributed by atoms with E-state index in [1.807, 2.05) is 6.07 Å². The molecule has 2 heterocycles. The SMILES string of the molecule is CCN1CCOc2cc(N=Nc3c(C#N)c(C)nn3C)c(NC(C)=O)cc21. The number of amides is 1. The summed E-state index contributed by atoms with van der Waals surface area (Å²) in [5.74, 6) is 0.839. The summed E-state index contributed by atoms with van der Waals surface area (Å²) in [5, 5.41) is 24.8. The van der Waals surface area contributed by atoms with Gasteiger partial charge in [0.05, 0.1) is 23.6 Å². The Labute approximate surface area is 157 Å². The van der Waals surface area contributed by atoms with Gasteiger partial charge in [0.2, 0.25) is 5.91 Å². The van der Waals surface area contributed by atoms with Crippen LogP contribution in [0.5, 0.6) is 5.75 Å². The molecule has 1 N–H and O–H groups in total. The van der Waals surface area contributed by atoms with Gasteiger partial charge in [-0.15, -0.1) is 10.2 Å². The van der Waals surface area contributed by atoms with Gasteiger partial charge in [-0.25, -0.2) is 4.68 Å². The summed E-state index contributed by atoms with van der Waals surface area (Å²) in [7, 11) is 1.70. The van der Waals surface area contributed by atoms with E-state index in [0.717, 1.165) is 18.8 Å². The minimum Gasteiger partial charge on any atom is -0.489 e. The molecule has 9 nitrogen and oxygen atoms in total. The molecule has 1 aromatic heterocycles. The third kappa shape index (κ3) is 3.60. The topological polar surface area (TPSA) is 108 Å². The quantitative estimate of drug-likeness (QED) is 0.835. The number of fused-ring (bicyclic) bond motifs is 1. The molecule has 140 valence electrons. The van der Waals surface area contributed by atoms with Crippen LogP contribution >= 0.6 is 0 Å². The highest BCUT2D eigenvalue weighted by molar-refractivity contribution is 5.94. The summed E-state index contributed by atoms with van der Waals surface area (Å²) in [5.41, 5.74) is 2.84. The summed E-state index contributed by atoms with van der Waals surface area (Å²) in [4.78, 5) is 13.8. The molecule has 1 aliphatic rings. The number of carbonyl (C=O) groups is 1. The number of anilines is 2. The lowest BCUT2D eigenvalue weighted by atomic mass is 10.1. The van der Waals surface area contributed by atoms with Crippen LogP contribution in [0.15, 0.2) is 22.4 Å². The van der Waals surface area contributed by atoms with Crippen molar-refractivity contribution >= 4 is 28.8 Å². The van der Waals surface area contributed by atoms with Crippen LogP contribution in [0.25, 0.3) is 0 Å². The van der Waals surface area contributed by atoms with Crippen molar-refractivity contribution in [1.82, 2.24) is 9.78 Å². The first-order valence-electron chi connectivity index (χ1n) is 8.63. The van der Waals surface area contributed by atoms with Gasteiger partial charge >= 0.3 is 0 Å². The molecule has 2 aromatic rings. The first-order valence-corrected chi connectivity index (χ1v) is 8.63. The van der Waals surface area contributed by atoms with Gasteiger partial charge < -0.3 is 15.0 Å². The van der Waals surface area contributed by atoms with Crippen molar-refractivity contribution in [2.24, 2.45) is 17.3 Å². The lowest BCUT2D eigenvalue weighted by Crippen LogP contribution is -2.32. The van der Waals surface area contributed by atoms with Crippen molar-refractivity contribution in [3.8, 4) is 11.8 Å². The molecule has 1 aromatic carbocycles. The highest BCUT2D eigenvalue weighted by atomic mass is 16.5. The molecule has 0 saturated carbocycles. The van der Waals surface area contributed by atoms with Crippen LogP contribution in [0.2, 0.25) is 0 Å². The summed E-state index contributed by atoms with van der Waals surface area (Å²) in [6.45, 7) is 7.44. The number of rotatable bonds is 4. The normalized spacial score (nSPS) is 13.2. The Hall–Kier alpha value is -3.41. The number of hydrogen-bond acceptors (Lipinski definition) is 7. The fourth-order valence-corrected chi connectivity index (χ4v) is 3.00. The van der Waals surface area contributed by atoms with Gasteiger partial charge in [0, 0.05) is 26.6 Å². The molecule has 0 bridgehead atoms. The molecule has 3 rings (SSSR count). The standard InChI is InChI=1S/C18H21N7O2/c1-5-25-6-7-27-17-9-15(14(8-16(17)25)20-12(3)26)21-22-18-13(10-19)11(2)23-24(18)4/h8-9H,5-7H2,1-4H3,(H,20,26). The average Bonchev–Trinajstić information content (AvgIpc) is 2.91. The van der Waals surface area contributed by atoms with E-state index in [1.165, 1.54) is 11.6 Å². The zero-order valence-corrected chi connectivity index (χ0v) is 15.8. The number of ether oxygens (including phenoxy) is 1. The van der Waals surface area contributed by atoms with Gasteiger partial charge in [-0.2, -0.15) is 10.4 Å². The first kappa shape index (κ1) is 18.4. The molecule has 1 amide bonds. The maximum Gasteiger partial charge on any atom is 0.221 e. The fraction of sp³-hybridized carbons (Fsp3) is 0.389. The van der Waals surface area contributed by atoms with Crippen LogP contribution < -0.4 is 15.0 Å². The third-order valence-corrected chi connectivity index (χ3v) is 4.29. The first-order chi connectivity index (χ1) is 12.9. The van der Waals surface area contributed by atoms with Gasteiger partial charge in [0.25, 0.3) is 0 Å². The minimum atomic E-state index is -0.208.